The lowest BCUT2D eigenvalue weighted by Gasteiger charge is -2.08. The van der Waals surface area contributed by atoms with Crippen LogP contribution in [0.5, 0.6) is 0 Å². The van der Waals surface area contributed by atoms with Crippen molar-refractivity contribution in [3.8, 4) is 17.2 Å². The zero-order chi connectivity index (χ0) is 12.3. The minimum Gasteiger partial charge on any atom is -0.207 e. The van der Waals surface area contributed by atoms with Crippen molar-refractivity contribution in [3.05, 3.63) is 59.7 Å². The van der Waals surface area contributed by atoms with Crippen LogP contribution in [0.1, 0.15) is 5.56 Å². The van der Waals surface area contributed by atoms with E-state index in [9.17, 15) is 8.78 Å². The highest BCUT2D eigenvalue weighted by molar-refractivity contribution is 5.68. The predicted octanol–water partition coefficient (Wildman–Crippen LogP) is 3.70. The van der Waals surface area contributed by atoms with Gasteiger partial charge in [-0.25, -0.2) is 8.78 Å². The first-order valence-corrected chi connectivity index (χ1v) is 5.12. The van der Waals surface area contributed by atoms with Gasteiger partial charge in [0.15, 0.2) is 0 Å². The molecular weight excluding hydrogens is 220 g/mol. The molecule has 1 nitrogen and oxygen atoms in total. The number of hydrogen-bond acceptors (Lipinski definition) is 1. The number of hydrogen-bond donors (Lipinski definition) is 0. The highest BCUT2D eigenvalue weighted by Gasteiger charge is 2.10. The molecule has 0 aliphatic rings. The number of benzene rings is 2. The first-order valence-electron chi connectivity index (χ1n) is 5.12. The third-order valence-corrected chi connectivity index (χ3v) is 2.50. The lowest BCUT2D eigenvalue weighted by molar-refractivity contribution is 0.625. The molecule has 17 heavy (non-hydrogen) atoms. The molecule has 84 valence electrons. The van der Waals surface area contributed by atoms with E-state index in [1.807, 2.05) is 6.07 Å². The van der Waals surface area contributed by atoms with Crippen LogP contribution in [0, 0.1) is 23.0 Å². The summed E-state index contributed by atoms with van der Waals surface area (Å²) in [7, 11) is 0. The minimum absolute atomic E-state index is 0.129. The van der Waals surface area contributed by atoms with Gasteiger partial charge in [-0.15, -0.1) is 0 Å². The summed E-state index contributed by atoms with van der Waals surface area (Å²) in [6.07, 6.45) is 0.129. The molecular formula is C14H9F2N. The van der Waals surface area contributed by atoms with Crippen molar-refractivity contribution in [2.24, 2.45) is 0 Å². The van der Waals surface area contributed by atoms with E-state index in [2.05, 4.69) is 0 Å². The summed E-state index contributed by atoms with van der Waals surface area (Å²) in [5.74, 6) is -0.767. The predicted molar refractivity (Wildman–Crippen MR) is 61.1 cm³/mol. The zero-order valence-electron chi connectivity index (χ0n) is 8.95. The molecule has 0 N–H and O–H groups in total. The lowest BCUT2D eigenvalue weighted by Crippen LogP contribution is -1.92. The van der Waals surface area contributed by atoms with Gasteiger partial charge in [0.05, 0.1) is 12.5 Å². The average Bonchev–Trinajstić information content (AvgIpc) is 2.32. The van der Waals surface area contributed by atoms with Crippen LogP contribution in [-0.2, 0) is 6.42 Å². The molecule has 3 heteroatoms. The molecule has 0 atom stereocenters. The van der Waals surface area contributed by atoms with E-state index in [0.29, 0.717) is 16.7 Å². The Kier molecular flexibility index (Phi) is 3.15. The summed E-state index contributed by atoms with van der Waals surface area (Å²) >= 11 is 0. The van der Waals surface area contributed by atoms with Gasteiger partial charge in [-0.1, -0.05) is 24.3 Å². The van der Waals surface area contributed by atoms with Gasteiger partial charge in [0.2, 0.25) is 0 Å². The Hall–Kier alpha value is -2.21. The molecule has 0 spiro atoms. The summed E-state index contributed by atoms with van der Waals surface area (Å²) in [4.78, 5) is 0. The van der Waals surface area contributed by atoms with Crippen molar-refractivity contribution in [1.29, 1.82) is 5.26 Å². The Bertz CT molecular complexity index is 568. The molecule has 0 fully saturated rings. The van der Waals surface area contributed by atoms with E-state index in [4.69, 9.17) is 5.26 Å². The summed E-state index contributed by atoms with van der Waals surface area (Å²) < 4.78 is 26.6. The maximum atomic E-state index is 13.8. The van der Waals surface area contributed by atoms with E-state index in [1.165, 1.54) is 30.3 Å². The lowest BCUT2D eigenvalue weighted by atomic mass is 9.97. The molecule has 2 aromatic rings. The average molecular weight is 229 g/mol. The number of nitrogens with zero attached hydrogens (tertiary/aromatic N) is 1. The fraction of sp³-hybridized carbons (Fsp3) is 0.0714. The maximum absolute atomic E-state index is 13.8. The van der Waals surface area contributed by atoms with E-state index in [0.717, 1.165) is 0 Å². The van der Waals surface area contributed by atoms with Gasteiger partial charge in [0.1, 0.15) is 11.6 Å². The second kappa shape index (κ2) is 4.75. The van der Waals surface area contributed by atoms with Gasteiger partial charge in [-0.2, -0.15) is 5.26 Å². The van der Waals surface area contributed by atoms with Crippen molar-refractivity contribution >= 4 is 0 Å². The van der Waals surface area contributed by atoms with Crippen LogP contribution in [0.15, 0.2) is 42.5 Å². The molecule has 0 saturated heterocycles. The van der Waals surface area contributed by atoms with Crippen LogP contribution < -0.4 is 0 Å². The van der Waals surface area contributed by atoms with Crippen LogP contribution in [0.4, 0.5) is 8.78 Å². The van der Waals surface area contributed by atoms with Gasteiger partial charge in [0.25, 0.3) is 0 Å². The van der Waals surface area contributed by atoms with Gasteiger partial charge >= 0.3 is 0 Å². The maximum Gasteiger partial charge on any atom is 0.131 e. The third kappa shape index (κ3) is 2.31. The van der Waals surface area contributed by atoms with E-state index in [1.54, 1.807) is 12.1 Å². The molecule has 0 saturated carbocycles. The fourth-order valence-electron chi connectivity index (χ4n) is 1.74. The van der Waals surface area contributed by atoms with Gasteiger partial charge < -0.3 is 0 Å². The third-order valence-electron chi connectivity index (χ3n) is 2.50. The monoisotopic (exact) mass is 229 g/mol. The van der Waals surface area contributed by atoms with E-state index < -0.39 is 5.82 Å². The zero-order valence-corrected chi connectivity index (χ0v) is 8.95. The first kappa shape index (κ1) is 11.3. The topological polar surface area (TPSA) is 23.8 Å². The quantitative estimate of drug-likeness (QED) is 0.770. The summed E-state index contributed by atoms with van der Waals surface area (Å²) in [5.41, 5.74) is 1.56. The van der Waals surface area contributed by atoms with Crippen molar-refractivity contribution in [3.63, 3.8) is 0 Å². The van der Waals surface area contributed by atoms with E-state index in [-0.39, 0.29) is 12.2 Å². The van der Waals surface area contributed by atoms with Gasteiger partial charge in [-0.05, 0) is 29.3 Å². The number of nitriles is 1. The van der Waals surface area contributed by atoms with Crippen LogP contribution in [0.3, 0.4) is 0 Å². The Balaban J connectivity index is 2.57. The molecule has 0 radical (unpaired) electrons. The SMILES string of the molecule is N#CCc1cccc(F)c1-c1ccc(F)cc1. The van der Waals surface area contributed by atoms with Crippen LogP contribution >= 0.6 is 0 Å². The molecule has 0 heterocycles. The van der Waals surface area contributed by atoms with Gasteiger partial charge in [-0.3, -0.25) is 0 Å². The van der Waals surface area contributed by atoms with Crippen LogP contribution in [-0.4, -0.2) is 0 Å². The van der Waals surface area contributed by atoms with Crippen molar-refractivity contribution < 1.29 is 8.78 Å². The highest BCUT2D eigenvalue weighted by atomic mass is 19.1. The molecule has 0 aromatic heterocycles. The van der Waals surface area contributed by atoms with E-state index >= 15 is 0 Å². The number of rotatable bonds is 2. The first-order chi connectivity index (χ1) is 8.22. The second-order valence-electron chi connectivity index (χ2n) is 3.62. The molecule has 0 unspecified atom stereocenters. The van der Waals surface area contributed by atoms with Gasteiger partial charge in [0, 0.05) is 5.56 Å². The molecule has 0 aliphatic heterocycles. The Labute approximate surface area is 97.9 Å². The Morgan fingerprint density at radius 2 is 1.71 bits per heavy atom. The number of halogens is 2. The minimum atomic E-state index is -0.399. The molecule has 2 aromatic carbocycles. The van der Waals surface area contributed by atoms with Crippen molar-refractivity contribution in [2.75, 3.05) is 0 Å². The highest BCUT2D eigenvalue weighted by Crippen LogP contribution is 2.27. The van der Waals surface area contributed by atoms with Crippen molar-refractivity contribution in [1.82, 2.24) is 0 Å². The fourth-order valence-corrected chi connectivity index (χ4v) is 1.74. The second-order valence-corrected chi connectivity index (χ2v) is 3.62. The normalized spacial score (nSPS) is 9.94. The smallest absolute Gasteiger partial charge is 0.131 e. The summed E-state index contributed by atoms with van der Waals surface area (Å²) in [6.45, 7) is 0. The summed E-state index contributed by atoms with van der Waals surface area (Å²) in [6, 6.07) is 12.2. The summed E-state index contributed by atoms with van der Waals surface area (Å²) in [5, 5.41) is 8.69. The Morgan fingerprint density at radius 1 is 1.00 bits per heavy atom. The largest absolute Gasteiger partial charge is 0.207 e. The Morgan fingerprint density at radius 3 is 2.35 bits per heavy atom. The molecule has 0 bridgehead atoms. The molecule has 0 amide bonds. The van der Waals surface area contributed by atoms with Crippen LogP contribution in [0.2, 0.25) is 0 Å². The molecule has 2 rings (SSSR count). The van der Waals surface area contributed by atoms with Crippen LogP contribution in [0.25, 0.3) is 11.1 Å². The standard InChI is InChI=1S/C14H9F2N/c15-12-6-4-11(5-7-12)14-10(8-9-17)2-1-3-13(14)16/h1-7H,8H2. The van der Waals surface area contributed by atoms with Crippen molar-refractivity contribution in [2.45, 2.75) is 6.42 Å². The molecule has 0 aliphatic carbocycles.